The van der Waals surface area contributed by atoms with Crippen molar-refractivity contribution >= 4 is 0 Å². The molecule has 2 saturated heterocycles. The molecule has 0 bridgehead atoms. The normalized spacial score (nSPS) is 26.9. The molecule has 1 aromatic carbocycles. The van der Waals surface area contributed by atoms with Gasteiger partial charge in [0.25, 0.3) is 0 Å². The number of likely N-dealkylation sites (N-methyl/N-ethyl adjacent to an activating group) is 1. The molecule has 19 heavy (non-hydrogen) atoms. The van der Waals surface area contributed by atoms with Crippen molar-refractivity contribution in [2.75, 3.05) is 39.9 Å². The van der Waals surface area contributed by atoms with Crippen LogP contribution < -0.4 is 5.32 Å². The second kappa shape index (κ2) is 5.23. The predicted molar refractivity (Wildman–Crippen MR) is 77.6 cm³/mol. The zero-order valence-corrected chi connectivity index (χ0v) is 12.0. The van der Waals surface area contributed by atoms with E-state index in [2.05, 4.69) is 48.5 Å². The van der Waals surface area contributed by atoms with E-state index < -0.39 is 0 Å². The van der Waals surface area contributed by atoms with Crippen LogP contribution in [-0.2, 0) is 10.2 Å². The molecule has 104 valence electrons. The Labute approximate surface area is 115 Å². The van der Waals surface area contributed by atoms with Gasteiger partial charge in [0.2, 0.25) is 0 Å². The van der Waals surface area contributed by atoms with Gasteiger partial charge in [0.15, 0.2) is 0 Å². The number of hydrogen-bond donors (Lipinski definition) is 1. The smallest absolute Gasteiger partial charge is 0.0586 e. The van der Waals surface area contributed by atoms with Gasteiger partial charge in [-0.25, -0.2) is 0 Å². The van der Waals surface area contributed by atoms with Crippen molar-refractivity contribution in [3.05, 3.63) is 35.4 Å². The second-order valence-corrected chi connectivity index (χ2v) is 6.19. The third-order valence-corrected chi connectivity index (χ3v) is 4.66. The van der Waals surface area contributed by atoms with Crippen LogP contribution in [0.2, 0.25) is 0 Å². The molecular formula is C16H24N2O. The Bertz CT molecular complexity index is 442. The number of ether oxygens (including phenoxy) is 1. The van der Waals surface area contributed by atoms with E-state index in [4.69, 9.17) is 4.74 Å². The average molecular weight is 260 g/mol. The predicted octanol–water partition coefficient (Wildman–Crippen LogP) is 1.56. The molecule has 0 aliphatic carbocycles. The second-order valence-electron chi connectivity index (χ2n) is 6.19. The lowest BCUT2D eigenvalue weighted by Gasteiger charge is -2.47. The summed E-state index contributed by atoms with van der Waals surface area (Å²) in [6.45, 7) is 7.28. The molecule has 3 heteroatoms. The number of piperazine rings is 1. The first-order valence-electron chi connectivity index (χ1n) is 7.25. The molecule has 0 amide bonds. The zero-order valence-electron chi connectivity index (χ0n) is 12.0. The summed E-state index contributed by atoms with van der Waals surface area (Å²) in [6, 6.07) is 9.57. The summed E-state index contributed by atoms with van der Waals surface area (Å²) in [7, 11) is 2.25. The minimum atomic E-state index is 0.240. The van der Waals surface area contributed by atoms with E-state index in [9.17, 15) is 0 Å². The third kappa shape index (κ3) is 2.55. The van der Waals surface area contributed by atoms with Crippen molar-refractivity contribution in [3.63, 3.8) is 0 Å². The molecule has 2 fully saturated rings. The highest BCUT2D eigenvalue weighted by Gasteiger charge is 2.43. The third-order valence-electron chi connectivity index (χ3n) is 4.66. The molecular weight excluding hydrogens is 236 g/mol. The van der Waals surface area contributed by atoms with E-state index in [1.165, 1.54) is 17.5 Å². The molecule has 3 rings (SSSR count). The Morgan fingerprint density at radius 3 is 2.89 bits per heavy atom. The summed E-state index contributed by atoms with van der Waals surface area (Å²) in [5.41, 5.74) is 3.04. The minimum Gasteiger partial charge on any atom is -0.379 e. The van der Waals surface area contributed by atoms with Crippen molar-refractivity contribution in [1.29, 1.82) is 0 Å². The lowest BCUT2D eigenvalue weighted by Crippen LogP contribution is -2.56. The van der Waals surface area contributed by atoms with Gasteiger partial charge in [0, 0.05) is 31.1 Å². The number of nitrogens with zero attached hydrogens (tertiary/aromatic N) is 1. The highest BCUT2D eigenvalue weighted by molar-refractivity contribution is 5.32. The van der Waals surface area contributed by atoms with Crippen LogP contribution in [0.4, 0.5) is 0 Å². The summed E-state index contributed by atoms with van der Waals surface area (Å²) in [4.78, 5) is 2.49. The molecule has 0 radical (unpaired) electrons. The lowest BCUT2D eigenvalue weighted by atomic mass is 9.73. The molecule has 1 atom stereocenters. The number of aryl methyl sites for hydroxylation is 1. The maximum absolute atomic E-state index is 5.57. The molecule has 1 unspecified atom stereocenters. The molecule has 0 spiro atoms. The van der Waals surface area contributed by atoms with E-state index in [0.717, 1.165) is 32.8 Å². The number of rotatable bonds is 3. The summed E-state index contributed by atoms with van der Waals surface area (Å²) >= 11 is 0. The highest BCUT2D eigenvalue weighted by Crippen LogP contribution is 2.38. The van der Waals surface area contributed by atoms with Gasteiger partial charge in [-0.2, -0.15) is 0 Å². The van der Waals surface area contributed by atoms with Crippen molar-refractivity contribution < 1.29 is 4.74 Å². The maximum Gasteiger partial charge on any atom is 0.0586 e. The van der Waals surface area contributed by atoms with Crippen LogP contribution in [0.1, 0.15) is 17.5 Å². The van der Waals surface area contributed by atoms with Crippen LogP contribution in [-0.4, -0.2) is 50.8 Å². The van der Waals surface area contributed by atoms with Crippen molar-refractivity contribution in [3.8, 4) is 0 Å². The molecule has 2 heterocycles. The van der Waals surface area contributed by atoms with Gasteiger partial charge < -0.3 is 15.0 Å². The lowest BCUT2D eigenvalue weighted by molar-refractivity contribution is -0.0754. The van der Waals surface area contributed by atoms with E-state index in [-0.39, 0.29) is 5.41 Å². The SMILES string of the molecule is Cc1cccc(C2(CC3CNCCN3C)COC2)c1. The highest BCUT2D eigenvalue weighted by atomic mass is 16.5. The fraction of sp³-hybridized carbons (Fsp3) is 0.625. The van der Waals surface area contributed by atoms with E-state index in [1.807, 2.05) is 0 Å². The molecule has 1 N–H and O–H groups in total. The summed E-state index contributed by atoms with van der Waals surface area (Å²) in [5.74, 6) is 0. The van der Waals surface area contributed by atoms with Crippen LogP contribution in [0.25, 0.3) is 0 Å². The monoisotopic (exact) mass is 260 g/mol. The molecule has 0 saturated carbocycles. The first kappa shape index (κ1) is 13.1. The molecule has 2 aliphatic heterocycles. The van der Waals surface area contributed by atoms with Gasteiger partial charge in [0.1, 0.15) is 0 Å². The fourth-order valence-corrected chi connectivity index (χ4v) is 3.27. The van der Waals surface area contributed by atoms with E-state index in [0.29, 0.717) is 6.04 Å². The first-order valence-corrected chi connectivity index (χ1v) is 7.25. The number of nitrogens with one attached hydrogen (secondary N) is 1. The van der Waals surface area contributed by atoms with Gasteiger partial charge in [-0.3, -0.25) is 0 Å². The largest absolute Gasteiger partial charge is 0.379 e. The topological polar surface area (TPSA) is 24.5 Å². The van der Waals surface area contributed by atoms with Crippen LogP contribution in [0.5, 0.6) is 0 Å². The molecule has 1 aromatic rings. The summed E-state index contributed by atoms with van der Waals surface area (Å²) in [5, 5.41) is 3.52. The number of benzene rings is 1. The van der Waals surface area contributed by atoms with Crippen molar-refractivity contribution in [2.45, 2.75) is 24.8 Å². The van der Waals surface area contributed by atoms with Crippen LogP contribution in [0, 0.1) is 6.92 Å². The van der Waals surface area contributed by atoms with Crippen LogP contribution in [0.3, 0.4) is 0 Å². The van der Waals surface area contributed by atoms with Crippen molar-refractivity contribution in [2.24, 2.45) is 0 Å². The van der Waals surface area contributed by atoms with E-state index in [1.54, 1.807) is 0 Å². The van der Waals surface area contributed by atoms with Crippen LogP contribution in [0.15, 0.2) is 24.3 Å². The zero-order chi connectivity index (χ0) is 13.3. The average Bonchev–Trinajstić information content (AvgIpc) is 2.36. The quantitative estimate of drug-likeness (QED) is 0.892. The summed E-state index contributed by atoms with van der Waals surface area (Å²) < 4.78 is 5.57. The molecule has 3 nitrogen and oxygen atoms in total. The van der Waals surface area contributed by atoms with Crippen molar-refractivity contribution in [1.82, 2.24) is 10.2 Å². The molecule has 2 aliphatic rings. The summed E-state index contributed by atoms with van der Waals surface area (Å²) in [6.07, 6.45) is 1.19. The van der Waals surface area contributed by atoms with Gasteiger partial charge in [0.05, 0.1) is 13.2 Å². The Balaban J connectivity index is 1.79. The van der Waals surface area contributed by atoms with Gasteiger partial charge >= 0.3 is 0 Å². The van der Waals surface area contributed by atoms with Gasteiger partial charge in [-0.15, -0.1) is 0 Å². The number of hydrogen-bond acceptors (Lipinski definition) is 3. The standard InChI is InChI=1S/C16H24N2O/c1-13-4-3-5-14(8-13)16(11-19-12-16)9-15-10-17-6-7-18(15)2/h3-5,8,15,17H,6-7,9-12H2,1-2H3. The minimum absolute atomic E-state index is 0.240. The van der Waals surface area contributed by atoms with Crippen LogP contribution >= 0.6 is 0 Å². The Morgan fingerprint density at radius 2 is 2.26 bits per heavy atom. The Morgan fingerprint density at radius 1 is 1.42 bits per heavy atom. The maximum atomic E-state index is 5.57. The first-order chi connectivity index (χ1) is 9.20. The van der Waals surface area contributed by atoms with Gasteiger partial charge in [-0.1, -0.05) is 29.8 Å². The molecule has 0 aromatic heterocycles. The fourth-order valence-electron chi connectivity index (χ4n) is 3.27. The van der Waals surface area contributed by atoms with E-state index >= 15 is 0 Å². The Kier molecular flexibility index (Phi) is 3.61. The van der Waals surface area contributed by atoms with Gasteiger partial charge in [-0.05, 0) is 26.0 Å². The Hall–Kier alpha value is -0.900.